The van der Waals surface area contributed by atoms with Crippen molar-refractivity contribution in [1.29, 1.82) is 0 Å². The van der Waals surface area contributed by atoms with Gasteiger partial charge in [-0.05, 0) is 27.4 Å². The number of hydrogen-bond donors (Lipinski definition) is 0. The van der Waals surface area contributed by atoms with Crippen LogP contribution in [0.25, 0.3) is 0 Å². The van der Waals surface area contributed by atoms with Gasteiger partial charge in [-0.25, -0.2) is 4.98 Å². The number of carbonyl (C=O) groups is 1. The average Bonchev–Trinajstić information content (AvgIpc) is 2.77. The summed E-state index contributed by atoms with van der Waals surface area (Å²) in [6.07, 6.45) is 4.20. The molecule has 2 rings (SSSR count). The van der Waals surface area contributed by atoms with Crippen LogP contribution in [0.3, 0.4) is 0 Å². The quantitative estimate of drug-likeness (QED) is 0.804. The van der Waals surface area contributed by atoms with Gasteiger partial charge in [0.2, 0.25) is 0 Å². The van der Waals surface area contributed by atoms with Gasteiger partial charge in [0.25, 0.3) is 0 Å². The van der Waals surface area contributed by atoms with E-state index in [9.17, 15) is 4.79 Å². The van der Waals surface area contributed by atoms with Gasteiger partial charge in [0.05, 0.1) is 6.54 Å². The van der Waals surface area contributed by atoms with Crippen LogP contribution in [-0.4, -0.2) is 15.8 Å². The third-order valence-electron chi connectivity index (χ3n) is 1.86. The highest BCUT2D eigenvalue weighted by atomic mass is 79.9. The van der Waals surface area contributed by atoms with E-state index >= 15 is 0 Å². The molecule has 0 unspecified atom stereocenters. The third-order valence-corrected chi connectivity index (χ3v) is 3.77. The summed E-state index contributed by atoms with van der Waals surface area (Å²) in [7, 11) is 0. The Kier molecular flexibility index (Phi) is 2.79. The van der Waals surface area contributed by atoms with Gasteiger partial charge in [0.1, 0.15) is 0 Å². The van der Waals surface area contributed by atoms with Crippen molar-refractivity contribution in [2.24, 2.45) is 0 Å². The molecule has 0 aliphatic heterocycles. The van der Waals surface area contributed by atoms with Crippen molar-refractivity contribution < 1.29 is 4.79 Å². The van der Waals surface area contributed by atoms with Crippen LogP contribution in [0.2, 0.25) is 0 Å². The van der Waals surface area contributed by atoms with Gasteiger partial charge >= 0.3 is 0 Å². The van der Waals surface area contributed by atoms with Crippen molar-refractivity contribution >= 4 is 33.6 Å². The summed E-state index contributed by atoms with van der Waals surface area (Å²) in [5.41, 5.74) is 0. The Hall–Kier alpha value is -0.940. The molecule has 2 aromatic rings. The van der Waals surface area contributed by atoms with Gasteiger partial charge in [-0.3, -0.25) is 4.79 Å². The molecule has 0 aliphatic rings. The molecule has 72 valence electrons. The molecule has 0 atom stereocenters. The van der Waals surface area contributed by atoms with Crippen LogP contribution in [0.4, 0.5) is 0 Å². The summed E-state index contributed by atoms with van der Waals surface area (Å²) < 4.78 is 2.90. The molecular formula is C9H7BrN2OS. The zero-order valence-electron chi connectivity index (χ0n) is 7.18. The molecule has 2 heterocycles. The van der Waals surface area contributed by atoms with Gasteiger partial charge < -0.3 is 4.57 Å². The highest BCUT2D eigenvalue weighted by Gasteiger charge is 2.05. The highest BCUT2D eigenvalue weighted by molar-refractivity contribution is 9.10. The fraction of sp³-hybridized carbons (Fsp3) is 0.111. The number of thiophene rings is 1. The molecule has 0 radical (unpaired) electrons. The summed E-state index contributed by atoms with van der Waals surface area (Å²) >= 11 is 5.10. The lowest BCUT2D eigenvalue weighted by Crippen LogP contribution is -2.02. The number of aldehydes is 1. The van der Waals surface area contributed by atoms with Crippen LogP contribution in [0.5, 0.6) is 0 Å². The first kappa shape index (κ1) is 9.61. The monoisotopic (exact) mass is 270 g/mol. The Morgan fingerprint density at radius 1 is 1.64 bits per heavy atom. The van der Waals surface area contributed by atoms with E-state index in [2.05, 4.69) is 20.9 Å². The maximum absolute atomic E-state index is 10.6. The topological polar surface area (TPSA) is 34.9 Å². The van der Waals surface area contributed by atoms with Crippen LogP contribution in [-0.2, 0) is 6.54 Å². The first-order valence-corrected chi connectivity index (χ1v) is 5.66. The molecule has 0 amide bonds. The maximum Gasteiger partial charge on any atom is 0.185 e. The number of aromatic nitrogens is 2. The molecule has 5 heteroatoms. The van der Waals surface area contributed by atoms with Crippen molar-refractivity contribution in [3.05, 3.63) is 39.0 Å². The van der Waals surface area contributed by atoms with Gasteiger partial charge in [-0.15, -0.1) is 11.3 Å². The minimum atomic E-state index is 0.463. The molecule has 0 aliphatic carbocycles. The number of imidazole rings is 1. The van der Waals surface area contributed by atoms with Crippen LogP contribution < -0.4 is 0 Å². The highest BCUT2D eigenvalue weighted by Crippen LogP contribution is 2.23. The first-order chi connectivity index (χ1) is 6.81. The van der Waals surface area contributed by atoms with E-state index in [4.69, 9.17) is 0 Å². The van der Waals surface area contributed by atoms with Gasteiger partial charge in [0, 0.05) is 21.7 Å². The van der Waals surface area contributed by atoms with Crippen molar-refractivity contribution in [2.45, 2.75) is 6.54 Å². The van der Waals surface area contributed by atoms with Crippen molar-refractivity contribution in [3.8, 4) is 0 Å². The number of hydrogen-bond acceptors (Lipinski definition) is 3. The normalized spacial score (nSPS) is 10.4. The second kappa shape index (κ2) is 4.06. The lowest BCUT2D eigenvalue weighted by molar-refractivity contribution is 0.111. The molecule has 2 aromatic heterocycles. The minimum Gasteiger partial charge on any atom is -0.323 e. The fourth-order valence-electron chi connectivity index (χ4n) is 1.17. The first-order valence-electron chi connectivity index (χ1n) is 3.99. The maximum atomic E-state index is 10.6. The molecule has 0 aromatic carbocycles. The lowest BCUT2D eigenvalue weighted by atomic mass is 10.4. The Morgan fingerprint density at radius 3 is 3.14 bits per heavy atom. The van der Waals surface area contributed by atoms with E-state index in [-0.39, 0.29) is 0 Å². The molecule has 0 fully saturated rings. The second-order valence-electron chi connectivity index (χ2n) is 2.72. The van der Waals surface area contributed by atoms with Gasteiger partial charge in [-0.1, -0.05) is 0 Å². The summed E-state index contributed by atoms with van der Waals surface area (Å²) in [6, 6.07) is 2.00. The van der Waals surface area contributed by atoms with Crippen LogP contribution in [0, 0.1) is 0 Å². The molecule has 14 heavy (non-hydrogen) atoms. The van der Waals surface area contributed by atoms with E-state index in [1.165, 1.54) is 4.88 Å². The largest absolute Gasteiger partial charge is 0.323 e. The zero-order chi connectivity index (χ0) is 9.97. The number of carbonyl (C=O) groups excluding carboxylic acids is 1. The van der Waals surface area contributed by atoms with E-state index in [1.807, 2.05) is 16.0 Å². The summed E-state index contributed by atoms with van der Waals surface area (Å²) in [4.78, 5) is 15.7. The zero-order valence-corrected chi connectivity index (χ0v) is 9.59. The predicted octanol–water partition coefficient (Wildman–Crippen LogP) is 2.57. The van der Waals surface area contributed by atoms with E-state index in [0.29, 0.717) is 12.4 Å². The number of rotatable bonds is 3. The van der Waals surface area contributed by atoms with Crippen LogP contribution in [0.1, 0.15) is 15.5 Å². The summed E-state index contributed by atoms with van der Waals surface area (Å²) in [5, 5.41) is 2.01. The Morgan fingerprint density at radius 2 is 2.50 bits per heavy atom. The molecule has 0 saturated heterocycles. The molecule has 0 spiro atoms. The van der Waals surface area contributed by atoms with Crippen LogP contribution in [0.15, 0.2) is 28.3 Å². The smallest absolute Gasteiger partial charge is 0.185 e. The van der Waals surface area contributed by atoms with E-state index < -0.39 is 0 Å². The molecule has 0 saturated carbocycles. The van der Waals surface area contributed by atoms with Gasteiger partial charge in [-0.2, -0.15) is 0 Å². The average molecular weight is 271 g/mol. The Labute approximate surface area is 93.5 Å². The lowest BCUT2D eigenvalue weighted by Gasteiger charge is -2.01. The van der Waals surface area contributed by atoms with E-state index in [0.717, 1.165) is 10.8 Å². The van der Waals surface area contributed by atoms with Gasteiger partial charge in [0.15, 0.2) is 12.1 Å². The Bertz CT molecular complexity index is 449. The molecule has 0 N–H and O–H groups in total. The summed E-state index contributed by atoms with van der Waals surface area (Å²) in [5.74, 6) is 0.463. The third kappa shape index (κ3) is 1.78. The van der Waals surface area contributed by atoms with Crippen molar-refractivity contribution in [1.82, 2.24) is 9.55 Å². The second-order valence-corrected chi connectivity index (χ2v) is 4.58. The van der Waals surface area contributed by atoms with Crippen LogP contribution >= 0.6 is 27.3 Å². The number of nitrogens with zero attached hydrogens (tertiary/aromatic N) is 2. The SMILES string of the molecule is O=Cc1nccn1Cc1sccc1Br. The van der Waals surface area contributed by atoms with Crippen molar-refractivity contribution in [3.63, 3.8) is 0 Å². The Balaban J connectivity index is 2.27. The summed E-state index contributed by atoms with van der Waals surface area (Å²) in [6.45, 7) is 0.687. The fourth-order valence-corrected chi connectivity index (χ4v) is 2.64. The standard InChI is InChI=1S/C9H7BrN2OS/c10-7-1-4-14-8(7)5-12-3-2-11-9(12)6-13/h1-4,6H,5H2. The molecule has 3 nitrogen and oxygen atoms in total. The number of halogens is 1. The van der Waals surface area contributed by atoms with Crippen molar-refractivity contribution in [2.75, 3.05) is 0 Å². The predicted molar refractivity (Wildman–Crippen MR) is 58.7 cm³/mol. The molecular weight excluding hydrogens is 264 g/mol. The molecule has 0 bridgehead atoms. The van der Waals surface area contributed by atoms with E-state index in [1.54, 1.807) is 23.7 Å². The minimum absolute atomic E-state index is 0.463.